The zero-order valence-corrected chi connectivity index (χ0v) is 13.7. The summed E-state index contributed by atoms with van der Waals surface area (Å²) in [4.78, 5) is 0. The molecule has 2 nitrogen and oxygen atoms in total. The van der Waals surface area contributed by atoms with Crippen LogP contribution in [0.1, 0.15) is 39.2 Å². The lowest BCUT2D eigenvalue weighted by Gasteiger charge is -2.19. The third-order valence-electron chi connectivity index (χ3n) is 3.42. The van der Waals surface area contributed by atoms with Crippen LogP contribution in [0.15, 0.2) is 24.3 Å². The van der Waals surface area contributed by atoms with Gasteiger partial charge in [0, 0.05) is 13.2 Å². The second kappa shape index (κ2) is 10.7. The summed E-state index contributed by atoms with van der Waals surface area (Å²) in [6.07, 6.45) is 2.97. The van der Waals surface area contributed by atoms with Gasteiger partial charge in [-0.2, -0.15) is 0 Å². The molecule has 1 unspecified atom stereocenters. The van der Waals surface area contributed by atoms with E-state index in [9.17, 15) is 4.39 Å². The second-order valence-corrected chi connectivity index (χ2v) is 6.15. The highest BCUT2D eigenvalue weighted by Crippen LogP contribution is 2.13. The monoisotopic (exact) mass is 295 g/mol. The molecule has 1 rings (SSSR count). The maximum absolute atomic E-state index is 13.3. The minimum absolute atomic E-state index is 0.149. The molecule has 0 radical (unpaired) electrons. The van der Waals surface area contributed by atoms with Gasteiger partial charge in [-0.15, -0.1) is 0 Å². The van der Waals surface area contributed by atoms with E-state index in [1.165, 1.54) is 6.07 Å². The van der Waals surface area contributed by atoms with Crippen molar-refractivity contribution in [1.29, 1.82) is 0 Å². The predicted molar refractivity (Wildman–Crippen MR) is 87.0 cm³/mol. The molecule has 3 heteroatoms. The van der Waals surface area contributed by atoms with Crippen LogP contribution in [0, 0.1) is 17.7 Å². The lowest BCUT2D eigenvalue weighted by Crippen LogP contribution is -2.28. The smallest absolute Gasteiger partial charge is 0.123 e. The number of benzene rings is 1. The Labute approximate surface area is 129 Å². The Kier molecular flexibility index (Phi) is 9.27. The maximum atomic E-state index is 13.3. The third-order valence-corrected chi connectivity index (χ3v) is 3.42. The lowest BCUT2D eigenvalue weighted by atomic mass is 9.96. The summed E-state index contributed by atoms with van der Waals surface area (Å²) in [6.45, 7) is 10.1. The fourth-order valence-electron chi connectivity index (χ4n) is 2.35. The summed E-state index contributed by atoms with van der Waals surface area (Å²) in [5.74, 6) is 0.988. The highest BCUT2D eigenvalue weighted by molar-refractivity contribution is 5.16. The first-order chi connectivity index (χ1) is 10.1. The fourth-order valence-corrected chi connectivity index (χ4v) is 2.35. The number of halogens is 1. The number of rotatable bonds is 11. The van der Waals surface area contributed by atoms with Crippen LogP contribution in [0.5, 0.6) is 0 Å². The van der Waals surface area contributed by atoms with Crippen molar-refractivity contribution in [3.05, 3.63) is 35.6 Å². The van der Waals surface area contributed by atoms with E-state index in [1.807, 2.05) is 6.07 Å². The van der Waals surface area contributed by atoms with E-state index < -0.39 is 0 Å². The van der Waals surface area contributed by atoms with Crippen LogP contribution in [0.25, 0.3) is 0 Å². The van der Waals surface area contributed by atoms with Gasteiger partial charge >= 0.3 is 0 Å². The molecule has 0 spiro atoms. The third kappa shape index (κ3) is 8.84. The highest BCUT2D eigenvalue weighted by atomic mass is 19.1. The Morgan fingerprint density at radius 3 is 2.67 bits per heavy atom. The van der Waals surface area contributed by atoms with Gasteiger partial charge in [0.2, 0.25) is 0 Å². The Morgan fingerprint density at radius 1 is 1.19 bits per heavy atom. The molecule has 0 bridgehead atoms. The Bertz CT molecular complexity index is 381. The summed E-state index contributed by atoms with van der Waals surface area (Å²) >= 11 is 0. The van der Waals surface area contributed by atoms with Gasteiger partial charge in [-0.25, -0.2) is 4.39 Å². The van der Waals surface area contributed by atoms with Gasteiger partial charge in [0.25, 0.3) is 0 Å². The first-order valence-corrected chi connectivity index (χ1v) is 8.14. The standard InChI is InChI=1S/C18H30FNO/c1-4-9-21-10-8-17(14-20-13-15(2)3)11-16-6-5-7-18(19)12-16/h5-7,12,15,17,20H,4,8-11,13-14H2,1-3H3. The van der Waals surface area contributed by atoms with Gasteiger partial charge in [0.15, 0.2) is 0 Å². The van der Waals surface area contributed by atoms with E-state index in [2.05, 4.69) is 26.1 Å². The second-order valence-electron chi connectivity index (χ2n) is 6.15. The average Bonchev–Trinajstić information content (AvgIpc) is 2.43. The molecule has 0 aromatic heterocycles. The normalized spacial score (nSPS) is 12.8. The van der Waals surface area contributed by atoms with Crippen LogP contribution < -0.4 is 5.32 Å². The quantitative estimate of drug-likeness (QED) is 0.622. The number of ether oxygens (including phenoxy) is 1. The molecule has 0 fully saturated rings. The molecule has 0 heterocycles. The fraction of sp³-hybridized carbons (Fsp3) is 0.667. The Morgan fingerprint density at radius 2 is 2.00 bits per heavy atom. The van der Waals surface area contributed by atoms with Crippen molar-refractivity contribution in [2.45, 2.75) is 40.0 Å². The van der Waals surface area contributed by atoms with Crippen molar-refractivity contribution in [3.8, 4) is 0 Å². The summed E-state index contributed by atoms with van der Waals surface area (Å²) in [5, 5.41) is 3.51. The first-order valence-electron chi connectivity index (χ1n) is 8.14. The molecule has 21 heavy (non-hydrogen) atoms. The van der Waals surface area contributed by atoms with Crippen molar-refractivity contribution in [2.75, 3.05) is 26.3 Å². The van der Waals surface area contributed by atoms with Gasteiger partial charge in [-0.3, -0.25) is 0 Å². The van der Waals surface area contributed by atoms with Crippen molar-refractivity contribution in [3.63, 3.8) is 0 Å². The summed E-state index contributed by atoms with van der Waals surface area (Å²) in [5.41, 5.74) is 1.07. The van der Waals surface area contributed by atoms with Gasteiger partial charge in [-0.05, 0) is 61.9 Å². The molecule has 0 saturated heterocycles. The van der Waals surface area contributed by atoms with Crippen LogP contribution in [0.4, 0.5) is 4.39 Å². The zero-order valence-electron chi connectivity index (χ0n) is 13.7. The zero-order chi connectivity index (χ0) is 15.5. The van der Waals surface area contributed by atoms with Crippen molar-refractivity contribution < 1.29 is 9.13 Å². The van der Waals surface area contributed by atoms with Crippen molar-refractivity contribution >= 4 is 0 Å². The Balaban J connectivity index is 2.45. The number of hydrogen-bond acceptors (Lipinski definition) is 2. The summed E-state index contributed by atoms with van der Waals surface area (Å²) in [6, 6.07) is 6.94. The largest absolute Gasteiger partial charge is 0.381 e. The van der Waals surface area contributed by atoms with Crippen LogP contribution >= 0.6 is 0 Å². The van der Waals surface area contributed by atoms with Crippen LogP contribution in [0.2, 0.25) is 0 Å². The molecule has 0 aliphatic carbocycles. The molecule has 1 aromatic carbocycles. The molecule has 1 N–H and O–H groups in total. The van der Waals surface area contributed by atoms with E-state index in [4.69, 9.17) is 4.74 Å². The highest BCUT2D eigenvalue weighted by Gasteiger charge is 2.10. The van der Waals surface area contributed by atoms with Crippen molar-refractivity contribution in [1.82, 2.24) is 5.32 Å². The molecule has 0 aliphatic rings. The van der Waals surface area contributed by atoms with E-state index in [1.54, 1.807) is 12.1 Å². The topological polar surface area (TPSA) is 21.3 Å². The molecular weight excluding hydrogens is 265 g/mol. The summed E-state index contributed by atoms with van der Waals surface area (Å²) < 4.78 is 18.9. The van der Waals surface area contributed by atoms with E-state index in [-0.39, 0.29) is 5.82 Å². The van der Waals surface area contributed by atoms with Crippen LogP contribution in [-0.2, 0) is 11.2 Å². The Hall–Kier alpha value is -0.930. The minimum atomic E-state index is -0.149. The molecule has 120 valence electrons. The van der Waals surface area contributed by atoms with Gasteiger partial charge < -0.3 is 10.1 Å². The molecular formula is C18H30FNO. The van der Waals surface area contributed by atoms with Crippen LogP contribution in [0.3, 0.4) is 0 Å². The minimum Gasteiger partial charge on any atom is -0.381 e. The van der Waals surface area contributed by atoms with Gasteiger partial charge in [0.05, 0.1) is 0 Å². The maximum Gasteiger partial charge on any atom is 0.123 e. The van der Waals surface area contributed by atoms with E-state index >= 15 is 0 Å². The molecule has 1 aromatic rings. The van der Waals surface area contributed by atoms with Gasteiger partial charge in [-0.1, -0.05) is 32.9 Å². The predicted octanol–water partition coefficient (Wildman–Crippen LogP) is 4.05. The van der Waals surface area contributed by atoms with E-state index in [0.717, 1.165) is 51.1 Å². The average molecular weight is 295 g/mol. The lowest BCUT2D eigenvalue weighted by molar-refractivity contribution is 0.120. The van der Waals surface area contributed by atoms with Gasteiger partial charge in [0.1, 0.15) is 5.82 Å². The van der Waals surface area contributed by atoms with Crippen molar-refractivity contribution in [2.24, 2.45) is 11.8 Å². The summed E-state index contributed by atoms with van der Waals surface area (Å²) in [7, 11) is 0. The number of hydrogen-bond donors (Lipinski definition) is 1. The first kappa shape index (κ1) is 18.1. The number of nitrogens with one attached hydrogen (secondary N) is 1. The SMILES string of the molecule is CCCOCCC(CNCC(C)C)Cc1cccc(F)c1. The molecule has 1 atom stereocenters. The molecule has 0 aliphatic heterocycles. The molecule has 0 amide bonds. The van der Waals surface area contributed by atoms with E-state index in [0.29, 0.717) is 11.8 Å². The molecule has 0 saturated carbocycles. The van der Waals surface area contributed by atoms with Crippen LogP contribution in [-0.4, -0.2) is 26.3 Å².